The lowest BCUT2D eigenvalue weighted by molar-refractivity contribution is 0.00774. The van der Waals surface area contributed by atoms with Crippen LogP contribution in [0.1, 0.15) is 35.6 Å². The maximum atomic E-state index is 13.8. The van der Waals surface area contributed by atoms with Crippen LogP contribution in [-0.4, -0.2) is 28.2 Å². The monoisotopic (exact) mass is 428 g/mol. The van der Waals surface area contributed by atoms with Gasteiger partial charge in [-0.05, 0) is 36.8 Å². The molecule has 1 amide bonds. The SMILES string of the molecule is CS/C=C/C(C)NC(=O)c1cnc(C(C)(F)F)nc1NCc1cc(F)ccc1F. The van der Waals surface area contributed by atoms with Crippen LogP contribution in [0.4, 0.5) is 23.4 Å². The van der Waals surface area contributed by atoms with Gasteiger partial charge in [-0.1, -0.05) is 6.08 Å². The Labute approximate surface area is 170 Å². The van der Waals surface area contributed by atoms with Gasteiger partial charge in [-0.2, -0.15) is 8.78 Å². The smallest absolute Gasteiger partial charge is 0.303 e. The highest BCUT2D eigenvalue weighted by atomic mass is 32.2. The number of nitrogens with one attached hydrogen (secondary N) is 2. The van der Waals surface area contributed by atoms with Gasteiger partial charge in [0.2, 0.25) is 5.82 Å². The number of carbonyl (C=O) groups is 1. The molecule has 1 heterocycles. The van der Waals surface area contributed by atoms with E-state index in [1.165, 1.54) is 11.8 Å². The topological polar surface area (TPSA) is 66.9 Å². The first-order valence-corrected chi connectivity index (χ1v) is 9.84. The van der Waals surface area contributed by atoms with E-state index in [0.717, 1.165) is 24.4 Å². The Hall–Kier alpha value is -2.62. The van der Waals surface area contributed by atoms with Crippen molar-refractivity contribution in [1.82, 2.24) is 15.3 Å². The number of thioether (sulfide) groups is 1. The maximum Gasteiger partial charge on any atom is 0.303 e. The Bertz CT molecular complexity index is 902. The van der Waals surface area contributed by atoms with E-state index in [4.69, 9.17) is 0 Å². The summed E-state index contributed by atoms with van der Waals surface area (Å²) in [6, 6.07) is 2.54. The van der Waals surface area contributed by atoms with E-state index < -0.39 is 29.3 Å². The molecule has 0 aliphatic rings. The Morgan fingerprint density at radius 3 is 2.72 bits per heavy atom. The van der Waals surface area contributed by atoms with Crippen molar-refractivity contribution in [2.24, 2.45) is 0 Å². The molecule has 0 bridgehead atoms. The van der Waals surface area contributed by atoms with E-state index in [0.29, 0.717) is 6.92 Å². The van der Waals surface area contributed by atoms with E-state index >= 15 is 0 Å². The highest BCUT2D eigenvalue weighted by Crippen LogP contribution is 2.26. The van der Waals surface area contributed by atoms with Crippen molar-refractivity contribution in [2.75, 3.05) is 11.6 Å². The molecule has 1 atom stereocenters. The molecule has 0 aliphatic carbocycles. The third-order valence-corrected chi connectivity index (χ3v) is 4.17. The van der Waals surface area contributed by atoms with Crippen LogP contribution in [0.25, 0.3) is 0 Å². The third kappa shape index (κ3) is 6.45. The molecular formula is C19H20F4N4OS. The predicted octanol–water partition coefficient (Wildman–Crippen LogP) is 4.47. The van der Waals surface area contributed by atoms with E-state index in [2.05, 4.69) is 20.6 Å². The summed E-state index contributed by atoms with van der Waals surface area (Å²) in [6.07, 6.45) is 4.58. The molecule has 1 aromatic carbocycles. The van der Waals surface area contributed by atoms with Crippen LogP contribution >= 0.6 is 11.8 Å². The molecule has 10 heteroatoms. The zero-order valence-electron chi connectivity index (χ0n) is 16.0. The van der Waals surface area contributed by atoms with E-state index in [1.807, 2.05) is 6.26 Å². The molecule has 156 valence electrons. The fourth-order valence-corrected chi connectivity index (χ4v) is 2.67. The van der Waals surface area contributed by atoms with Crippen molar-refractivity contribution in [3.63, 3.8) is 0 Å². The van der Waals surface area contributed by atoms with Crippen molar-refractivity contribution in [1.29, 1.82) is 0 Å². The van der Waals surface area contributed by atoms with Gasteiger partial charge in [0.05, 0.1) is 0 Å². The van der Waals surface area contributed by atoms with E-state index in [-0.39, 0.29) is 29.5 Å². The molecule has 0 saturated heterocycles. The molecular weight excluding hydrogens is 408 g/mol. The molecule has 5 nitrogen and oxygen atoms in total. The normalized spacial score (nSPS) is 12.8. The van der Waals surface area contributed by atoms with Gasteiger partial charge in [-0.25, -0.2) is 18.7 Å². The lowest BCUT2D eigenvalue weighted by atomic mass is 10.2. The van der Waals surface area contributed by atoms with E-state index in [1.54, 1.807) is 18.4 Å². The van der Waals surface area contributed by atoms with Gasteiger partial charge in [0.1, 0.15) is 23.0 Å². The van der Waals surface area contributed by atoms with Gasteiger partial charge < -0.3 is 10.6 Å². The number of carbonyl (C=O) groups excluding carboxylic acids is 1. The number of rotatable bonds is 8. The number of halogens is 4. The maximum absolute atomic E-state index is 13.8. The van der Waals surface area contributed by atoms with Gasteiger partial charge >= 0.3 is 5.92 Å². The van der Waals surface area contributed by atoms with Gasteiger partial charge in [0.15, 0.2) is 0 Å². The molecule has 2 aromatic rings. The Balaban J connectivity index is 2.32. The molecule has 29 heavy (non-hydrogen) atoms. The van der Waals surface area contributed by atoms with Gasteiger partial charge in [-0.3, -0.25) is 4.79 Å². The number of hydrogen-bond acceptors (Lipinski definition) is 5. The Morgan fingerprint density at radius 2 is 2.07 bits per heavy atom. The van der Waals surface area contributed by atoms with Crippen LogP contribution in [0.3, 0.4) is 0 Å². The third-order valence-electron chi connectivity index (χ3n) is 3.74. The molecule has 0 saturated carbocycles. The first-order valence-electron chi connectivity index (χ1n) is 8.55. The van der Waals surface area contributed by atoms with Crippen molar-refractivity contribution in [2.45, 2.75) is 32.4 Å². The van der Waals surface area contributed by atoms with Crippen LogP contribution in [0.2, 0.25) is 0 Å². The minimum absolute atomic E-state index is 0.0453. The summed E-state index contributed by atoms with van der Waals surface area (Å²) in [5, 5.41) is 7.09. The zero-order chi connectivity index (χ0) is 21.6. The summed E-state index contributed by atoms with van der Waals surface area (Å²) in [5.41, 5.74) is -0.143. The average Bonchev–Trinajstić information content (AvgIpc) is 2.66. The molecule has 0 aliphatic heterocycles. The van der Waals surface area contributed by atoms with Crippen LogP contribution in [0, 0.1) is 11.6 Å². The first-order chi connectivity index (χ1) is 13.6. The number of aromatic nitrogens is 2. The van der Waals surface area contributed by atoms with Gasteiger partial charge in [0, 0.05) is 31.3 Å². The molecule has 1 aromatic heterocycles. The predicted molar refractivity (Wildman–Crippen MR) is 105 cm³/mol. The molecule has 0 spiro atoms. The van der Waals surface area contributed by atoms with Crippen LogP contribution < -0.4 is 10.6 Å². The molecule has 2 rings (SSSR count). The number of benzene rings is 1. The van der Waals surface area contributed by atoms with Crippen molar-refractivity contribution < 1.29 is 22.4 Å². The van der Waals surface area contributed by atoms with E-state index in [9.17, 15) is 22.4 Å². The number of alkyl halides is 2. The first kappa shape index (κ1) is 22.7. The summed E-state index contributed by atoms with van der Waals surface area (Å²) in [4.78, 5) is 19.8. The van der Waals surface area contributed by atoms with Crippen molar-refractivity contribution >= 4 is 23.5 Å². The second-order valence-electron chi connectivity index (χ2n) is 6.26. The van der Waals surface area contributed by atoms with Crippen molar-refractivity contribution in [3.8, 4) is 0 Å². The summed E-state index contributed by atoms with van der Waals surface area (Å²) in [6.45, 7) is 2.08. The molecule has 0 fully saturated rings. The zero-order valence-corrected chi connectivity index (χ0v) is 16.8. The molecule has 0 radical (unpaired) electrons. The standard InChI is InChI=1S/C19H20F4N4OS/c1-11(6-7-29-3)26-17(28)14-10-25-18(19(2,22)23)27-16(14)24-9-12-8-13(20)4-5-15(12)21/h4-8,10-11H,9H2,1-3H3,(H,26,28)(H,24,25,27)/b7-6+. The Kier molecular flexibility index (Phi) is 7.60. The van der Waals surface area contributed by atoms with Crippen LogP contribution in [0.15, 0.2) is 35.9 Å². The quantitative estimate of drug-likeness (QED) is 0.607. The number of anilines is 1. The molecule has 2 N–H and O–H groups in total. The number of hydrogen-bond donors (Lipinski definition) is 2. The Morgan fingerprint density at radius 1 is 1.34 bits per heavy atom. The summed E-state index contributed by atoms with van der Waals surface area (Å²) in [7, 11) is 0. The fourth-order valence-electron chi connectivity index (χ4n) is 2.28. The largest absolute Gasteiger partial charge is 0.365 e. The lowest BCUT2D eigenvalue weighted by Crippen LogP contribution is -2.32. The summed E-state index contributed by atoms with van der Waals surface area (Å²) < 4.78 is 54.4. The second kappa shape index (κ2) is 9.73. The molecule has 1 unspecified atom stereocenters. The van der Waals surface area contributed by atoms with Gasteiger partial charge in [-0.15, -0.1) is 11.8 Å². The average molecular weight is 428 g/mol. The second-order valence-corrected chi connectivity index (χ2v) is 7.00. The highest BCUT2D eigenvalue weighted by molar-refractivity contribution is 8.01. The van der Waals surface area contributed by atoms with Crippen LogP contribution in [0.5, 0.6) is 0 Å². The number of nitrogens with zero attached hydrogens (tertiary/aromatic N) is 2. The summed E-state index contributed by atoms with van der Waals surface area (Å²) in [5.74, 6) is -6.29. The van der Waals surface area contributed by atoms with Gasteiger partial charge in [0.25, 0.3) is 5.91 Å². The minimum atomic E-state index is -3.34. The van der Waals surface area contributed by atoms with Crippen LogP contribution in [-0.2, 0) is 12.5 Å². The lowest BCUT2D eigenvalue weighted by Gasteiger charge is -2.16. The highest BCUT2D eigenvalue weighted by Gasteiger charge is 2.30. The summed E-state index contributed by atoms with van der Waals surface area (Å²) >= 11 is 1.45. The van der Waals surface area contributed by atoms with Crippen molar-refractivity contribution in [3.05, 3.63) is 64.5 Å². The number of amides is 1. The fraction of sp³-hybridized carbons (Fsp3) is 0.316. The minimum Gasteiger partial charge on any atom is -0.365 e.